The molecule has 0 atom stereocenters. The zero-order valence-electron chi connectivity index (χ0n) is 11.6. The van der Waals surface area contributed by atoms with Crippen LogP contribution in [0.2, 0.25) is 18.1 Å². The maximum absolute atomic E-state index is 6.23. The lowest BCUT2D eigenvalue weighted by Gasteiger charge is -2.38. The summed E-state index contributed by atoms with van der Waals surface area (Å²) in [7, 11) is 2.39. The molecule has 0 aliphatic rings. The van der Waals surface area contributed by atoms with Crippen LogP contribution in [0.1, 0.15) is 34.1 Å². The number of allylic oxidation sites excluding steroid dienone is 1. The maximum Gasteiger partial charge on any atom is 0.252 e. The van der Waals surface area contributed by atoms with E-state index >= 15 is 0 Å². The van der Waals surface area contributed by atoms with Gasteiger partial charge in [0, 0.05) is 14.1 Å². The Kier molecular flexibility index (Phi) is 4.91. The van der Waals surface area contributed by atoms with Crippen molar-refractivity contribution in [3.05, 3.63) is 12.0 Å². The summed E-state index contributed by atoms with van der Waals surface area (Å²) >= 11 is 0. The fourth-order valence-corrected chi connectivity index (χ4v) is 2.00. The van der Waals surface area contributed by atoms with Crippen molar-refractivity contribution in [2.24, 2.45) is 0 Å². The Morgan fingerprint density at radius 1 is 1.27 bits per heavy atom. The van der Waals surface area contributed by atoms with Gasteiger partial charge in [0.1, 0.15) is 0 Å². The number of hydrogen-bond acceptors (Lipinski definition) is 2. The molecule has 0 unspecified atom stereocenters. The molecule has 0 aromatic rings. The average molecular weight is 229 g/mol. The van der Waals surface area contributed by atoms with Gasteiger partial charge in [-0.3, -0.25) is 0 Å². The Balaban J connectivity index is 4.76. The summed E-state index contributed by atoms with van der Waals surface area (Å²) in [5, 5.41) is 0.260. The third kappa shape index (κ3) is 4.28. The van der Waals surface area contributed by atoms with E-state index < -0.39 is 8.32 Å². The fraction of sp³-hybridized carbons (Fsp3) is 0.833. The first-order chi connectivity index (χ1) is 6.62. The maximum atomic E-state index is 6.23. The number of rotatable bonds is 4. The van der Waals surface area contributed by atoms with Gasteiger partial charge in [-0.2, -0.15) is 0 Å². The van der Waals surface area contributed by atoms with Gasteiger partial charge < -0.3 is 9.33 Å². The second-order valence-electron chi connectivity index (χ2n) is 5.71. The smallest absolute Gasteiger partial charge is 0.252 e. The SMILES string of the molecule is CC/C=C(/O[Si](C)(C)C(C)(C)C)N(C)C. The molecule has 0 saturated carbocycles. The Morgan fingerprint density at radius 2 is 1.73 bits per heavy atom. The van der Waals surface area contributed by atoms with Crippen molar-refractivity contribution in [2.45, 2.75) is 52.2 Å². The van der Waals surface area contributed by atoms with E-state index in [0.717, 1.165) is 12.3 Å². The van der Waals surface area contributed by atoms with Gasteiger partial charge in [0.05, 0.1) is 0 Å². The van der Waals surface area contributed by atoms with E-state index in [1.165, 1.54) is 0 Å². The molecule has 0 bridgehead atoms. The van der Waals surface area contributed by atoms with E-state index in [1.807, 2.05) is 14.1 Å². The highest BCUT2D eigenvalue weighted by Gasteiger charge is 2.39. The first-order valence-corrected chi connectivity index (χ1v) is 8.59. The predicted octanol–water partition coefficient (Wildman–Crippen LogP) is 3.82. The normalized spacial score (nSPS) is 14.0. The fourth-order valence-electron chi connectivity index (χ4n) is 0.905. The van der Waals surface area contributed by atoms with Gasteiger partial charge in [-0.05, 0) is 30.6 Å². The molecular weight excluding hydrogens is 202 g/mol. The molecule has 0 saturated heterocycles. The molecule has 0 aliphatic heterocycles. The van der Waals surface area contributed by atoms with Crippen molar-refractivity contribution in [2.75, 3.05) is 14.1 Å². The lowest BCUT2D eigenvalue weighted by molar-refractivity contribution is 0.260. The highest BCUT2D eigenvalue weighted by Crippen LogP contribution is 2.38. The molecule has 2 nitrogen and oxygen atoms in total. The summed E-state index contributed by atoms with van der Waals surface area (Å²) in [6.45, 7) is 13.5. The van der Waals surface area contributed by atoms with E-state index in [0.29, 0.717) is 0 Å². The molecule has 0 radical (unpaired) electrons. The topological polar surface area (TPSA) is 12.5 Å². The van der Waals surface area contributed by atoms with E-state index in [9.17, 15) is 0 Å². The summed E-state index contributed by atoms with van der Waals surface area (Å²) < 4.78 is 6.23. The van der Waals surface area contributed by atoms with Gasteiger partial charge in [0.15, 0.2) is 5.88 Å². The zero-order chi connectivity index (χ0) is 12.3. The lowest BCUT2D eigenvalue weighted by Crippen LogP contribution is -2.42. The summed E-state index contributed by atoms with van der Waals surface area (Å²) in [6.07, 6.45) is 3.17. The minimum Gasteiger partial charge on any atom is -0.532 e. The third-order valence-corrected chi connectivity index (χ3v) is 7.32. The number of nitrogens with zero attached hydrogens (tertiary/aromatic N) is 1. The Bertz CT molecular complexity index is 226. The van der Waals surface area contributed by atoms with Crippen molar-refractivity contribution in [1.29, 1.82) is 0 Å². The Labute approximate surface area is 96.4 Å². The molecule has 0 aromatic heterocycles. The van der Waals surface area contributed by atoms with Crippen LogP contribution in [-0.2, 0) is 4.43 Å². The van der Waals surface area contributed by atoms with Crippen LogP contribution in [0.15, 0.2) is 12.0 Å². The quantitative estimate of drug-likeness (QED) is 0.537. The monoisotopic (exact) mass is 229 g/mol. The van der Waals surface area contributed by atoms with Crippen molar-refractivity contribution in [3.8, 4) is 0 Å². The first kappa shape index (κ1) is 14.6. The standard InChI is InChI=1S/C12H27NOSi/c1-9-10-11(13(5)6)14-15(7,8)12(2,3)4/h10H,9H2,1-8H3/b11-10+. The van der Waals surface area contributed by atoms with Gasteiger partial charge in [-0.25, -0.2) is 0 Å². The van der Waals surface area contributed by atoms with Crippen LogP contribution in [0.3, 0.4) is 0 Å². The molecule has 0 spiro atoms. The molecule has 0 aromatic carbocycles. The molecule has 0 aliphatic carbocycles. The molecule has 90 valence electrons. The summed E-state index contributed by atoms with van der Waals surface area (Å²) in [6, 6.07) is 0. The van der Waals surface area contributed by atoms with Gasteiger partial charge in [-0.15, -0.1) is 0 Å². The van der Waals surface area contributed by atoms with E-state index in [4.69, 9.17) is 4.43 Å². The van der Waals surface area contributed by atoms with Gasteiger partial charge in [0.25, 0.3) is 8.32 Å². The molecule has 0 N–H and O–H groups in total. The highest BCUT2D eigenvalue weighted by molar-refractivity contribution is 6.74. The van der Waals surface area contributed by atoms with Gasteiger partial charge >= 0.3 is 0 Å². The molecule has 0 fully saturated rings. The van der Waals surface area contributed by atoms with E-state index in [2.05, 4.69) is 51.8 Å². The molecule has 15 heavy (non-hydrogen) atoms. The second-order valence-corrected chi connectivity index (χ2v) is 10.4. The summed E-state index contributed by atoms with van der Waals surface area (Å²) in [4.78, 5) is 2.06. The highest BCUT2D eigenvalue weighted by atomic mass is 28.4. The second kappa shape index (κ2) is 5.06. The first-order valence-electron chi connectivity index (χ1n) is 5.68. The Hall–Kier alpha value is -0.443. The van der Waals surface area contributed by atoms with Crippen molar-refractivity contribution < 1.29 is 4.43 Å². The van der Waals surface area contributed by atoms with Crippen LogP contribution in [0.4, 0.5) is 0 Å². The minimum absolute atomic E-state index is 0.260. The summed E-state index contributed by atoms with van der Waals surface area (Å²) in [5.41, 5.74) is 0. The van der Waals surface area contributed by atoms with Crippen LogP contribution < -0.4 is 0 Å². The Morgan fingerprint density at radius 3 is 2.00 bits per heavy atom. The van der Waals surface area contributed by atoms with Gasteiger partial charge in [-0.1, -0.05) is 27.7 Å². The molecule has 0 amide bonds. The molecule has 3 heteroatoms. The molecule has 0 rings (SSSR count). The van der Waals surface area contributed by atoms with Crippen LogP contribution in [0.25, 0.3) is 0 Å². The largest absolute Gasteiger partial charge is 0.532 e. The van der Waals surface area contributed by atoms with Crippen molar-refractivity contribution >= 4 is 8.32 Å². The lowest BCUT2D eigenvalue weighted by atomic mass is 10.2. The molecular formula is C12H27NOSi. The van der Waals surface area contributed by atoms with Crippen molar-refractivity contribution in [3.63, 3.8) is 0 Å². The van der Waals surface area contributed by atoms with Crippen LogP contribution >= 0.6 is 0 Å². The molecule has 0 heterocycles. The van der Waals surface area contributed by atoms with E-state index in [1.54, 1.807) is 0 Å². The van der Waals surface area contributed by atoms with Crippen LogP contribution in [-0.4, -0.2) is 27.3 Å². The van der Waals surface area contributed by atoms with Crippen molar-refractivity contribution in [1.82, 2.24) is 4.90 Å². The zero-order valence-corrected chi connectivity index (χ0v) is 12.6. The minimum atomic E-state index is -1.68. The van der Waals surface area contributed by atoms with Crippen LogP contribution in [0, 0.1) is 0 Å². The predicted molar refractivity (Wildman–Crippen MR) is 70.3 cm³/mol. The number of hydrogen-bond donors (Lipinski definition) is 0. The van der Waals surface area contributed by atoms with E-state index in [-0.39, 0.29) is 5.04 Å². The van der Waals surface area contributed by atoms with Crippen LogP contribution in [0.5, 0.6) is 0 Å². The third-order valence-electron chi connectivity index (χ3n) is 2.99. The van der Waals surface area contributed by atoms with Gasteiger partial charge in [0.2, 0.25) is 0 Å². The average Bonchev–Trinajstić information content (AvgIpc) is 2.00. The summed E-state index contributed by atoms with van der Waals surface area (Å²) in [5.74, 6) is 1.02.